The number of aromatic nitrogens is 5. The second kappa shape index (κ2) is 5.85. The van der Waals surface area contributed by atoms with Crippen LogP contribution in [0.25, 0.3) is 0 Å². The second-order valence-electron chi connectivity index (χ2n) is 3.35. The first kappa shape index (κ1) is 13.6. The molecule has 2 rings (SSSR count). The summed E-state index contributed by atoms with van der Waals surface area (Å²) in [6.07, 6.45) is 2.21. The molecule has 1 N–H and O–H groups in total. The molecule has 96 valence electrons. The van der Waals surface area contributed by atoms with Crippen LogP contribution in [0.2, 0.25) is 5.15 Å². The number of hydrogen-bond donors (Lipinski definition) is 1. The van der Waals surface area contributed by atoms with E-state index in [-0.39, 0.29) is 5.69 Å². The molecule has 6 nitrogen and oxygen atoms in total. The molecule has 0 amide bonds. The minimum Gasteiger partial charge on any atom is -0.270 e. The maximum absolute atomic E-state index is 11.5. The number of rotatable bonds is 4. The third kappa shape index (κ3) is 2.76. The van der Waals surface area contributed by atoms with E-state index in [9.17, 15) is 4.79 Å². The molecule has 0 bridgehead atoms. The number of halogens is 2. The molecule has 2 aromatic heterocycles. The lowest BCUT2D eigenvalue weighted by Crippen LogP contribution is -2.17. The van der Waals surface area contributed by atoms with Crippen LogP contribution in [-0.4, -0.2) is 24.7 Å². The molecule has 0 atom stereocenters. The maximum atomic E-state index is 11.5. The van der Waals surface area contributed by atoms with Gasteiger partial charge in [0.25, 0.3) is 0 Å². The Morgan fingerprint density at radius 1 is 1.56 bits per heavy atom. The van der Waals surface area contributed by atoms with E-state index < -0.39 is 0 Å². The van der Waals surface area contributed by atoms with Crippen LogP contribution >= 0.6 is 39.3 Å². The van der Waals surface area contributed by atoms with Crippen LogP contribution in [0.5, 0.6) is 0 Å². The summed E-state index contributed by atoms with van der Waals surface area (Å²) in [6, 6.07) is 0. The van der Waals surface area contributed by atoms with Crippen molar-refractivity contribution >= 4 is 39.3 Å². The molecule has 0 aromatic carbocycles. The standard InChI is InChI=1S/C9H9BrClN5OS/c1-2-3-16-8(17)14-15-9(16)18-7-5(10)6(11)12-4-13-7/h4H,2-3H2,1H3,(H,14,17). The van der Waals surface area contributed by atoms with E-state index >= 15 is 0 Å². The van der Waals surface area contributed by atoms with Crippen LogP contribution in [0.4, 0.5) is 0 Å². The van der Waals surface area contributed by atoms with Gasteiger partial charge >= 0.3 is 5.69 Å². The molecule has 2 aromatic rings. The van der Waals surface area contributed by atoms with Crippen LogP contribution in [0.15, 0.2) is 25.8 Å². The van der Waals surface area contributed by atoms with Gasteiger partial charge in [0.05, 0.1) is 4.47 Å². The third-order valence-electron chi connectivity index (χ3n) is 2.07. The van der Waals surface area contributed by atoms with Gasteiger partial charge in [-0.05, 0) is 34.1 Å². The summed E-state index contributed by atoms with van der Waals surface area (Å²) in [4.78, 5) is 19.5. The molecule has 0 fully saturated rings. The first-order chi connectivity index (χ1) is 8.63. The summed E-state index contributed by atoms with van der Waals surface area (Å²) >= 11 is 10.4. The van der Waals surface area contributed by atoms with E-state index in [2.05, 4.69) is 36.1 Å². The van der Waals surface area contributed by atoms with Crippen molar-refractivity contribution in [1.82, 2.24) is 24.7 Å². The molecular weight excluding hydrogens is 342 g/mol. The van der Waals surface area contributed by atoms with Gasteiger partial charge in [-0.3, -0.25) is 4.57 Å². The van der Waals surface area contributed by atoms with Gasteiger partial charge in [-0.15, -0.1) is 5.10 Å². The van der Waals surface area contributed by atoms with Crippen LogP contribution in [-0.2, 0) is 6.54 Å². The fourth-order valence-electron chi connectivity index (χ4n) is 1.29. The largest absolute Gasteiger partial charge is 0.343 e. The zero-order valence-electron chi connectivity index (χ0n) is 9.35. The van der Waals surface area contributed by atoms with Gasteiger partial charge in [0.1, 0.15) is 16.5 Å². The van der Waals surface area contributed by atoms with Crippen molar-refractivity contribution in [1.29, 1.82) is 0 Å². The van der Waals surface area contributed by atoms with Crippen LogP contribution < -0.4 is 5.69 Å². The van der Waals surface area contributed by atoms with E-state index in [1.165, 1.54) is 18.1 Å². The summed E-state index contributed by atoms with van der Waals surface area (Å²) in [5, 5.41) is 7.88. The van der Waals surface area contributed by atoms with Crippen molar-refractivity contribution in [2.75, 3.05) is 0 Å². The van der Waals surface area contributed by atoms with Gasteiger partial charge in [0.2, 0.25) is 0 Å². The normalized spacial score (nSPS) is 10.8. The lowest BCUT2D eigenvalue weighted by Gasteiger charge is -2.04. The average molecular weight is 351 g/mol. The molecule has 9 heteroatoms. The summed E-state index contributed by atoms with van der Waals surface area (Å²) in [5.74, 6) is 0. The molecular formula is C9H9BrClN5OS. The zero-order valence-corrected chi connectivity index (χ0v) is 12.5. The Morgan fingerprint density at radius 2 is 2.33 bits per heavy atom. The van der Waals surface area contributed by atoms with Crippen LogP contribution in [0, 0.1) is 0 Å². The monoisotopic (exact) mass is 349 g/mol. The Morgan fingerprint density at radius 3 is 3.06 bits per heavy atom. The fraction of sp³-hybridized carbons (Fsp3) is 0.333. The first-order valence-electron chi connectivity index (χ1n) is 5.12. The minimum absolute atomic E-state index is 0.226. The Labute approximate surface area is 120 Å². The molecule has 0 aliphatic heterocycles. The van der Waals surface area contributed by atoms with Gasteiger partial charge in [-0.25, -0.2) is 19.9 Å². The van der Waals surface area contributed by atoms with E-state index in [0.717, 1.165) is 6.42 Å². The quantitative estimate of drug-likeness (QED) is 0.857. The van der Waals surface area contributed by atoms with E-state index in [1.807, 2.05) is 6.92 Å². The van der Waals surface area contributed by atoms with E-state index in [1.54, 1.807) is 4.57 Å². The molecule has 0 radical (unpaired) electrons. The Hall–Kier alpha value is -0.860. The van der Waals surface area contributed by atoms with E-state index in [0.29, 0.717) is 26.4 Å². The lowest BCUT2D eigenvalue weighted by atomic mass is 10.5. The summed E-state index contributed by atoms with van der Waals surface area (Å²) < 4.78 is 2.16. The van der Waals surface area contributed by atoms with Crippen LogP contribution in [0.1, 0.15) is 13.3 Å². The second-order valence-corrected chi connectivity index (χ2v) is 5.46. The molecule has 0 spiro atoms. The number of nitrogens with zero attached hydrogens (tertiary/aromatic N) is 4. The fourth-order valence-corrected chi connectivity index (χ4v) is 2.76. The van der Waals surface area contributed by atoms with E-state index in [4.69, 9.17) is 11.6 Å². The highest BCUT2D eigenvalue weighted by Gasteiger charge is 2.14. The van der Waals surface area contributed by atoms with Crippen LogP contribution in [0.3, 0.4) is 0 Å². The predicted molar refractivity (Wildman–Crippen MR) is 72.0 cm³/mol. The van der Waals surface area contributed by atoms with Crippen molar-refractivity contribution in [3.63, 3.8) is 0 Å². The Bertz CT molecular complexity index is 613. The summed E-state index contributed by atoms with van der Waals surface area (Å²) in [6.45, 7) is 2.60. The lowest BCUT2D eigenvalue weighted by molar-refractivity contribution is 0.603. The predicted octanol–water partition coefficient (Wildman–Crippen LogP) is 2.34. The molecule has 18 heavy (non-hydrogen) atoms. The highest BCUT2D eigenvalue weighted by Crippen LogP contribution is 2.33. The zero-order chi connectivity index (χ0) is 13.1. The SMILES string of the molecule is CCCn1c(Sc2ncnc(Cl)c2Br)n[nH]c1=O. The molecule has 0 saturated carbocycles. The van der Waals surface area contributed by atoms with Gasteiger partial charge in [-0.2, -0.15) is 0 Å². The molecule has 0 saturated heterocycles. The number of H-pyrrole nitrogens is 1. The van der Waals surface area contributed by atoms with Gasteiger partial charge in [-0.1, -0.05) is 18.5 Å². The van der Waals surface area contributed by atoms with Crippen molar-refractivity contribution in [2.45, 2.75) is 30.1 Å². The topological polar surface area (TPSA) is 76.5 Å². The van der Waals surface area contributed by atoms with Crippen molar-refractivity contribution in [3.05, 3.63) is 26.4 Å². The third-order valence-corrected chi connectivity index (χ3v) is 4.60. The van der Waals surface area contributed by atoms with Gasteiger partial charge < -0.3 is 0 Å². The highest BCUT2D eigenvalue weighted by atomic mass is 79.9. The van der Waals surface area contributed by atoms with Gasteiger partial charge in [0.15, 0.2) is 5.16 Å². The summed E-state index contributed by atoms with van der Waals surface area (Å²) in [7, 11) is 0. The average Bonchev–Trinajstić information content (AvgIpc) is 2.68. The number of aromatic amines is 1. The number of nitrogens with one attached hydrogen (secondary N) is 1. The minimum atomic E-state index is -0.226. The van der Waals surface area contributed by atoms with Crippen molar-refractivity contribution < 1.29 is 0 Å². The molecule has 0 aliphatic rings. The number of hydrogen-bond acceptors (Lipinski definition) is 5. The van der Waals surface area contributed by atoms with Crippen molar-refractivity contribution in [2.24, 2.45) is 0 Å². The van der Waals surface area contributed by atoms with Gasteiger partial charge in [0, 0.05) is 6.54 Å². The highest BCUT2D eigenvalue weighted by molar-refractivity contribution is 9.10. The molecule has 0 unspecified atom stereocenters. The summed E-state index contributed by atoms with van der Waals surface area (Å²) in [5.41, 5.74) is -0.226. The Balaban J connectivity index is 2.34. The molecule has 0 aliphatic carbocycles. The smallest absolute Gasteiger partial charge is 0.270 e. The van der Waals surface area contributed by atoms with Crippen molar-refractivity contribution in [3.8, 4) is 0 Å². The maximum Gasteiger partial charge on any atom is 0.343 e. The first-order valence-corrected chi connectivity index (χ1v) is 7.11. The molecule has 2 heterocycles. The Kier molecular flexibility index (Phi) is 4.41.